The number of ketones is 1. The fraction of sp³-hybridized carbons (Fsp3) is 0.400. The van der Waals surface area contributed by atoms with E-state index in [-0.39, 0.29) is 23.1 Å². The average Bonchev–Trinajstić information content (AvgIpc) is 2.78. The molecule has 0 bridgehead atoms. The Morgan fingerprint density at radius 1 is 1.15 bits per heavy atom. The Labute approximate surface area is 197 Å². The van der Waals surface area contributed by atoms with Gasteiger partial charge in [-0.1, -0.05) is 81.9 Å². The van der Waals surface area contributed by atoms with Gasteiger partial charge in [-0.3, -0.25) is 4.79 Å². The van der Waals surface area contributed by atoms with Gasteiger partial charge in [0.2, 0.25) is 0 Å². The molecule has 0 aliphatic heterocycles. The predicted octanol–water partition coefficient (Wildman–Crippen LogP) is 6.91. The van der Waals surface area contributed by atoms with Crippen LogP contribution in [-0.4, -0.2) is 18.9 Å². The number of hydrogen-bond acceptors (Lipinski definition) is 3. The van der Waals surface area contributed by atoms with Crippen LogP contribution in [0.25, 0.3) is 5.57 Å². The maximum atomic E-state index is 13.3. The summed E-state index contributed by atoms with van der Waals surface area (Å²) in [6.07, 6.45) is 16.0. The molecule has 0 radical (unpaired) electrons. The zero-order chi connectivity index (χ0) is 23.8. The van der Waals surface area contributed by atoms with E-state index in [1.54, 1.807) is 0 Å². The average molecular weight is 443 g/mol. The standard InChI is InChI=1S/C30H34O3/c1-19-7-6-8-22(15-19)25-13-14-30(3,4)27-12-10-23(18-26(25)27)28(31)17-21-9-11-24(20(2)16-21)29(32)33-5/h6,8-13,15,18-20H,7,14,16-17H2,1-5H3. The maximum Gasteiger partial charge on any atom is 0.334 e. The van der Waals surface area contributed by atoms with Gasteiger partial charge in [0.05, 0.1) is 7.11 Å². The number of benzene rings is 1. The summed E-state index contributed by atoms with van der Waals surface area (Å²) in [6.45, 7) is 8.79. The van der Waals surface area contributed by atoms with E-state index >= 15 is 0 Å². The van der Waals surface area contributed by atoms with E-state index in [9.17, 15) is 9.59 Å². The van der Waals surface area contributed by atoms with Crippen LogP contribution in [0, 0.1) is 11.8 Å². The number of methoxy groups -OCH3 is 1. The number of carbonyl (C=O) groups excluding carboxylic acids is 2. The van der Waals surface area contributed by atoms with Crippen molar-refractivity contribution < 1.29 is 14.3 Å². The molecule has 0 saturated heterocycles. The molecular weight excluding hydrogens is 408 g/mol. The number of esters is 1. The van der Waals surface area contributed by atoms with E-state index in [2.05, 4.69) is 57.2 Å². The van der Waals surface area contributed by atoms with Crippen molar-refractivity contribution in [1.82, 2.24) is 0 Å². The number of fused-ring (bicyclic) bond motifs is 1. The van der Waals surface area contributed by atoms with Gasteiger partial charge in [0, 0.05) is 17.6 Å². The highest BCUT2D eigenvalue weighted by Crippen LogP contribution is 2.43. The first-order chi connectivity index (χ1) is 15.7. The minimum atomic E-state index is -0.291. The molecule has 2 atom stereocenters. The summed E-state index contributed by atoms with van der Waals surface area (Å²) in [5, 5.41) is 0. The SMILES string of the molecule is COC(=O)C1=CC=C(CC(=O)c2ccc3c(c2)C(C2=CC(C)CC=C2)=CCC3(C)C)CC1C. The lowest BCUT2D eigenvalue weighted by atomic mass is 9.71. The van der Waals surface area contributed by atoms with E-state index in [0.29, 0.717) is 24.3 Å². The summed E-state index contributed by atoms with van der Waals surface area (Å²) in [7, 11) is 1.40. The van der Waals surface area contributed by atoms with E-state index in [1.165, 1.54) is 29.4 Å². The van der Waals surface area contributed by atoms with Gasteiger partial charge >= 0.3 is 5.97 Å². The molecule has 0 heterocycles. The summed E-state index contributed by atoms with van der Waals surface area (Å²) >= 11 is 0. The van der Waals surface area contributed by atoms with Crippen molar-refractivity contribution in [1.29, 1.82) is 0 Å². The second kappa shape index (κ2) is 9.13. The highest BCUT2D eigenvalue weighted by Gasteiger charge is 2.30. The predicted molar refractivity (Wildman–Crippen MR) is 134 cm³/mol. The summed E-state index contributed by atoms with van der Waals surface area (Å²) in [4.78, 5) is 25.2. The molecular formula is C30H34O3. The van der Waals surface area contributed by atoms with Gasteiger partial charge in [-0.2, -0.15) is 0 Å². The normalized spacial score (nSPS) is 23.5. The lowest BCUT2D eigenvalue weighted by Crippen LogP contribution is -2.22. The Bertz CT molecular complexity index is 1140. The third-order valence-electron chi connectivity index (χ3n) is 7.16. The fourth-order valence-corrected chi connectivity index (χ4v) is 5.17. The van der Waals surface area contributed by atoms with Crippen LogP contribution in [-0.2, 0) is 14.9 Å². The molecule has 3 nitrogen and oxygen atoms in total. The van der Waals surface area contributed by atoms with Gasteiger partial charge < -0.3 is 4.74 Å². The quantitative estimate of drug-likeness (QED) is 0.367. The second-order valence-corrected chi connectivity index (χ2v) is 10.3. The third-order valence-corrected chi connectivity index (χ3v) is 7.16. The minimum absolute atomic E-state index is 0.0430. The Morgan fingerprint density at radius 3 is 2.64 bits per heavy atom. The van der Waals surface area contributed by atoms with Crippen molar-refractivity contribution in [2.45, 2.75) is 58.8 Å². The molecule has 3 aliphatic rings. The largest absolute Gasteiger partial charge is 0.466 e. The Balaban J connectivity index is 1.63. The van der Waals surface area contributed by atoms with Crippen LogP contribution in [0.2, 0.25) is 0 Å². The van der Waals surface area contributed by atoms with E-state index in [4.69, 9.17) is 4.74 Å². The highest BCUT2D eigenvalue weighted by molar-refractivity contribution is 5.99. The van der Waals surface area contributed by atoms with Crippen LogP contribution in [0.4, 0.5) is 0 Å². The van der Waals surface area contributed by atoms with Crippen LogP contribution >= 0.6 is 0 Å². The number of ether oxygens (including phenoxy) is 1. The molecule has 0 spiro atoms. The van der Waals surface area contributed by atoms with Gasteiger partial charge in [0.25, 0.3) is 0 Å². The summed E-state index contributed by atoms with van der Waals surface area (Å²) < 4.78 is 4.86. The van der Waals surface area contributed by atoms with E-state index in [1.807, 2.05) is 25.1 Å². The minimum Gasteiger partial charge on any atom is -0.466 e. The number of allylic oxidation sites excluding steroid dienone is 9. The summed E-state index contributed by atoms with van der Waals surface area (Å²) in [5.74, 6) is 0.407. The van der Waals surface area contributed by atoms with Crippen molar-refractivity contribution >= 4 is 17.3 Å². The maximum absolute atomic E-state index is 13.3. The van der Waals surface area contributed by atoms with Crippen molar-refractivity contribution in [3.8, 4) is 0 Å². The molecule has 3 heteroatoms. The lowest BCUT2D eigenvalue weighted by molar-refractivity contribution is -0.136. The Hall–Kier alpha value is -2.94. The fourth-order valence-electron chi connectivity index (χ4n) is 5.17. The third kappa shape index (κ3) is 4.73. The first-order valence-corrected chi connectivity index (χ1v) is 11.9. The smallest absolute Gasteiger partial charge is 0.334 e. The van der Waals surface area contributed by atoms with Crippen LogP contribution in [0.5, 0.6) is 0 Å². The van der Waals surface area contributed by atoms with Crippen LogP contribution < -0.4 is 0 Å². The lowest BCUT2D eigenvalue weighted by Gasteiger charge is -2.33. The topological polar surface area (TPSA) is 43.4 Å². The molecule has 0 amide bonds. The molecule has 1 aromatic rings. The van der Waals surface area contributed by atoms with Crippen molar-refractivity contribution in [3.63, 3.8) is 0 Å². The van der Waals surface area contributed by atoms with Gasteiger partial charge in [-0.15, -0.1) is 0 Å². The summed E-state index contributed by atoms with van der Waals surface area (Å²) in [6, 6.07) is 6.24. The molecule has 1 aromatic carbocycles. The van der Waals surface area contributed by atoms with Crippen molar-refractivity contribution in [2.24, 2.45) is 11.8 Å². The summed E-state index contributed by atoms with van der Waals surface area (Å²) in [5.41, 5.74) is 7.52. The zero-order valence-corrected chi connectivity index (χ0v) is 20.4. The van der Waals surface area contributed by atoms with Crippen molar-refractivity contribution in [3.05, 3.63) is 88.1 Å². The molecule has 0 fully saturated rings. The molecule has 3 aliphatic carbocycles. The van der Waals surface area contributed by atoms with Gasteiger partial charge in [0.1, 0.15) is 0 Å². The van der Waals surface area contributed by atoms with Gasteiger partial charge in [-0.05, 0) is 64.9 Å². The molecule has 0 saturated carbocycles. The van der Waals surface area contributed by atoms with Crippen LogP contribution in [0.3, 0.4) is 0 Å². The van der Waals surface area contributed by atoms with Crippen LogP contribution in [0.1, 0.15) is 74.9 Å². The Kier molecular flexibility index (Phi) is 6.43. The highest BCUT2D eigenvalue weighted by atomic mass is 16.5. The first-order valence-electron chi connectivity index (χ1n) is 11.9. The number of Topliss-reactive ketones (excluding diaryl/α,β-unsaturated/α-hetero) is 1. The van der Waals surface area contributed by atoms with Gasteiger partial charge in [-0.25, -0.2) is 4.79 Å². The molecule has 172 valence electrons. The second-order valence-electron chi connectivity index (χ2n) is 10.3. The molecule has 0 aromatic heterocycles. The Morgan fingerprint density at radius 2 is 1.94 bits per heavy atom. The van der Waals surface area contributed by atoms with E-state index < -0.39 is 0 Å². The van der Waals surface area contributed by atoms with Gasteiger partial charge in [0.15, 0.2) is 5.78 Å². The van der Waals surface area contributed by atoms with Crippen LogP contribution in [0.15, 0.2) is 71.4 Å². The zero-order valence-electron chi connectivity index (χ0n) is 20.4. The molecule has 2 unspecified atom stereocenters. The monoisotopic (exact) mass is 442 g/mol. The molecule has 0 N–H and O–H groups in total. The van der Waals surface area contributed by atoms with E-state index in [0.717, 1.165) is 24.0 Å². The van der Waals surface area contributed by atoms with Crippen molar-refractivity contribution in [2.75, 3.05) is 7.11 Å². The number of carbonyl (C=O) groups is 2. The number of hydrogen-bond donors (Lipinski definition) is 0. The first kappa shape index (κ1) is 23.2. The number of rotatable bonds is 5. The molecule has 4 rings (SSSR count). The molecule has 33 heavy (non-hydrogen) atoms.